The molecule has 0 atom stereocenters. The van der Waals surface area contributed by atoms with E-state index in [4.69, 9.17) is 10.8 Å². The van der Waals surface area contributed by atoms with E-state index in [0.29, 0.717) is 6.54 Å². The molecular formula is C14H17N3O. The summed E-state index contributed by atoms with van der Waals surface area (Å²) in [7, 11) is 1.94. The van der Waals surface area contributed by atoms with Crippen molar-refractivity contribution in [1.82, 2.24) is 4.98 Å². The monoisotopic (exact) mass is 243 g/mol. The van der Waals surface area contributed by atoms with Gasteiger partial charge in [0.2, 0.25) is 0 Å². The van der Waals surface area contributed by atoms with Gasteiger partial charge in [-0.15, -0.1) is 0 Å². The summed E-state index contributed by atoms with van der Waals surface area (Å²) >= 11 is 0. The van der Waals surface area contributed by atoms with E-state index in [1.807, 2.05) is 48.3 Å². The fourth-order valence-electron chi connectivity index (χ4n) is 1.84. The van der Waals surface area contributed by atoms with Crippen LogP contribution in [0.4, 0.5) is 11.4 Å². The van der Waals surface area contributed by atoms with Crippen LogP contribution >= 0.6 is 0 Å². The maximum absolute atomic E-state index is 9.02. The van der Waals surface area contributed by atoms with Gasteiger partial charge in [-0.2, -0.15) is 0 Å². The van der Waals surface area contributed by atoms with E-state index in [0.717, 1.165) is 22.6 Å². The van der Waals surface area contributed by atoms with Gasteiger partial charge >= 0.3 is 0 Å². The summed E-state index contributed by atoms with van der Waals surface area (Å²) in [4.78, 5) is 6.40. The summed E-state index contributed by atoms with van der Waals surface area (Å²) in [5.41, 5.74) is 9.33. The minimum atomic E-state index is 0.118. The van der Waals surface area contributed by atoms with Gasteiger partial charge in [-0.25, -0.2) is 0 Å². The second-order valence-corrected chi connectivity index (χ2v) is 4.14. The van der Waals surface area contributed by atoms with Crippen LogP contribution in [0.2, 0.25) is 0 Å². The third-order valence-corrected chi connectivity index (χ3v) is 2.82. The number of nitrogens with two attached hydrogens (primary N) is 1. The van der Waals surface area contributed by atoms with E-state index in [-0.39, 0.29) is 6.61 Å². The third-order valence-electron chi connectivity index (χ3n) is 2.82. The molecule has 4 nitrogen and oxygen atoms in total. The van der Waals surface area contributed by atoms with Gasteiger partial charge in [0, 0.05) is 31.0 Å². The molecular weight excluding hydrogens is 226 g/mol. The molecule has 0 spiro atoms. The highest BCUT2D eigenvalue weighted by Gasteiger charge is 2.09. The average molecular weight is 243 g/mol. The quantitative estimate of drug-likeness (QED) is 0.803. The molecule has 0 unspecified atom stereocenters. The Bertz CT molecular complexity index is 511. The molecule has 94 valence electrons. The number of aliphatic hydroxyl groups is 1. The first-order chi connectivity index (χ1) is 8.72. The second-order valence-electron chi connectivity index (χ2n) is 4.14. The molecule has 0 saturated heterocycles. The third kappa shape index (κ3) is 2.60. The van der Waals surface area contributed by atoms with Crippen molar-refractivity contribution in [1.29, 1.82) is 0 Å². The predicted molar refractivity (Wildman–Crippen MR) is 74.4 cm³/mol. The molecule has 18 heavy (non-hydrogen) atoms. The van der Waals surface area contributed by atoms with Gasteiger partial charge in [-0.1, -0.05) is 12.1 Å². The Kier molecular flexibility index (Phi) is 3.79. The van der Waals surface area contributed by atoms with Crippen LogP contribution < -0.4 is 10.6 Å². The molecule has 2 rings (SSSR count). The largest absolute Gasteiger partial charge is 0.399 e. The number of hydrogen-bond acceptors (Lipinski definition) is 4. The zero-order valence-corrected chi connectivity index (χ0v) is 10.4. The van der Waals surface area contributed by atoms with Crippen molar-refractivity contribution in [2.75, 3.05) is 30.8 Å². The molecule has 1 aromatic heterocycles. The summed E-state index contributed by atoms with van der Waals surface area (Å²) in [5, 5.41) is 9.02. The van der Waals surface area contributed by atoms with Gasteiger partial charge in [0.05, 0.1) is 18.0 Å². The lowest BCUT2D eigenvalue weighted by molar-refractivity contribution is 0.304. The Morgan fingerprint density at radius 1 is 1.22 bits per heavy atom. The Balaban J connectivity index is 2.41. The number of aromatic nitrogens is 1. The lowest BCUT2D eigenvalue weighted by Gasteiger charge is -2.20. The Morgan fingerprint density at radius 2 is 1.94 bits per heavy atom. The lowest BCUT2D eigenvalue weighted by atomic mass is 10.1. The number of pyridine rings is 1. The number of hydrogen-bond donors (Lipinski definition) is 2. The fourth-order valence-corrected chi connectivity index (χ4v) is 1.84. The van der Waals surface area contributed by atoms with E-state index < -0.39 is 0 Å². The van der Waals surface area contributed by atoms with Crippen molar-refractivity contribution >= 4 is 11.4 Å². The Hall–Kier alpha value is -2.07. The molecule has 0 aliphatic rings. The Morgan fingerprint density at radius 3 is 2.61 bits per heavy atom. The van der Waals surface area contributed by atoms with Crippen LogP contribution in [0.3, 0.4) is 0 Å². The molecule has 0 radical (unpaired) electrons. The summed E-state index contributed by atoms with van der Waals surface area (Å²) < 4.78 is 0. The lowest BCUT2D eigenvalue weighted by Crippen LogP contribution is -2.22. The van der Waals surface area contributed by atoms with Gasteiger partial charge in [-0.05, 0) is 24.3 Å². The zero-order valence-electron chi connectivity index (χ0n) is 10.4. The van der Waals surface area contributed by atoms with Crippen molar-refractivity contribution in [2.24, 2.45) is 0 Å². The molecule has 0 saturated carbocycles. The van der Waals surface area contributed by atoms with Crippen molar-refractivity contribution in [3.05, 3.63) is 42.6 Å². The normalized spacial score (nSPS) is 10.3. The van der Waals surface area contributed by atoms with Gasteiger partial charge < -0.3 is 15.7 Å². The number of benzene rings is 1. The molecule has 0 fully saturated rings. The summed E-state index contributed by atoms with van der Waals surface area (Å²) in [6, 6.07) is 11.5. The van der Waals surface area contributed by atoms with Crippen molar-refractivity contribution in [3.63, 3.8) is 0 Å². The molecule has 3 N–H and O–H groups in total. The molecule has 2 aromatic rings. The maximum atomic E-state index is 9.02. The standard InChI is InChI=1S/C14H17N3O/c1-17(9-10-18)13-3-2-8-16-14(13)11-4-6-12(15)7-5-11/h2-8,18H,9-10,15H2,1H3. The van der Waals surface area contributed by atoms with Crippen molar-refractivity contribution in [3.8, 4) is 11.3 Å². The maximum Gasteiger partial charge on any atom is 0.0935 e. The first-order valence-electron chi connectivity index (χ1n) is 5.85. The Labute approximate surface area is 107 Å². The van der Waals surface area contributed by atoms with E-state index in [2.05, 4.69) is 4.98 Å². The van der Waals surface area contributed by atoms with E-state index >= 15 is 0 Å². The highest BCUT2D eigenvalue weighted by atomic mass is 16.3. The van der Waals surface area contributed by atoms with Crippen LogP contribution in [0.25, 0.3) is 11.3 Å². The van der Waals surface area contributed by atoms with Crippen LogP contribution in [0.1, 0.15) is 0 Å². The highest BCUT2D eigenvalue weighted by molar-refractivity contribution is 5.75. The minimum Gasteiger partial charge on any atom is -0.399 e. The van der Waals surface area contributed by atoms with Gasteiger partial charge in [0.25, 0.3) is 0 Å². The van der Waals surface area contributed by atoms with Crippen molar-refractivity contribution < 1.29 is 5.11 Å². The summed E-state index contributed by atoms with van der Waals surface area (Å²) in [6.07, 6.45) is 1.77. The SMILES string of the molecule is CN(CCO)c1cccnc1-c1ccc(N)cc1. The number of anilines is 2. The number of likely N-dealkylation sites (N-methyl/N-ethyl adjacent to an activating group) is 1. The van der Waals surface area contributed by atoms with Crippen LogP contribution in [0.5, 0.6) is 0 Å². The van der Waals surface area contributed by atoms with Gasteiger partial charge in [0.1, 0.15) is 0 Å². The number of nitrogen functional groups attached to an aromatic ring is 1. The molecule has 0 aliphatic heterocycles. The fraction of sp³-hybridized carbons (Fsp3) is 0.214. The first kappa shape index (κ1) is 12.4. The molecule has 0 amide bonds. The first-order valence-corrected chi connectivity index (χ1v) is 5.85. The van der Waals surface area contributed by atoms with E-state index in [1.54, 1.807) is 6.20 Å². The summed E-state index contributed by atoms with van der Waals surface area (Å²) in [5.74, 6) is 0. The molecule has 1 heterocycles. The zero-order chi connectivity index (χ0) is 13.0. The van der Waals surface area contributed by atoms with E-state index in [1.165, 1.54) is 0 Å². The molecule has 4 heteroatoms. The second kappa shape index (κ2) is 5.51. The molecule has 1 aromatic carbocycles. The molecule has 0 aliphatic carbocycles. The van der Waals surface area contributed by atoms with Crippen molar-refractivity contribution in [2.45, 2.75) is 0 Å². The van der Waals surface area contributed by atoms with Crippen LogP contribution in [-0.4, -0.2) is 30.3 Å². The average Bonchev–Trinajstić information content (AvgIpc) is 2.40. The molecule has 0 bridgehead atoms. The smallest absolute Gasteiger partial charge is 0.0935 e. The minimum absolute atomic E-state index is 0.118. The van der Waals surface area contributed by atoms with Gasteiger partial charge in [-0.3, -0.25) is 4.98 Å². The number of aliphatic hydroxyl groups excluding tert-OH is 1. The number of rotatable bonds is 4. The van der Waals surface area contributed by atoms with E-state index in [9.17, 15) is 0 Å². The topological polar surface area (TPSA) is 62.4 Å². The van der Waals surface area contributed by atoms with Crippen LogP contribution in [-0.2, 0) is 0 Å². The predicted octanol–water partition coefficient (Wildman–Crippen LogP) is 1.76. The van der Waals surface area contributed by atoms with Gasteiger partial charge in [0.15, 0.2) is 0 Å². The number of nitrogens with zero attached hydrogens (tertiary/aromatic N) is 2. The van der Waals surface area contributed by atoms with Crippen LogP contribution in [0, 0.1) is 0 Å². The van der Waals surface area contributed by atoms with Crippen LogP contribution in [0.15, 0.2) is 42.6 Å². The summed E-state index contributed by atoms with van der Waals surface area (Å²) in [6.45, 7) is 0.695. The highest BCUT2D eigenvalue weighted by Crippen LogP contribution is 2.28.